The van der Waals surface area contributed by atoms with E-state index in [0.29, 0.717) is 11.9 Å². The summed E-state index contributed by atoms with van der Waals surface area (Å²) in [5.74, 6) is 1.01. The summed E-state index contributed by atoms with van der Waals surface area (Å²) in [6.45, 7) is 2.03. The summed E-state index contributed by atoms with van der Waals surface area (Å²) in [5, 5.41) is 4.33. The zero-order valence-corrected chi connectivity index (χ0v) is 9.68. The second-order valence-electron chi connectivity index (χ2n) is 3.92. The molecule has 0 aliphatic rings. The minimum atomic E-state index is 0.398. The number of nitrogens with two attached hydrogens (primary N) is 1. The van der Waals surface area contributed by atoms with Crippen LogP contribution in [-0.2, 0) is 0 Å². The van der Waals surface area contributed by atoms with E-state index >= 15 is 0 Å². The lowest BCUT2D eigenvalue weighted by atomic mass is 10.2. The number of aromatic nitrogens is 3. The number of nitrogen functional groups attached to an aromatic ring is 1. The van der Waals surface area contributed by atoms with E-state index in [9.17, 15) is 0 Å². The van der Waals surface area contributed by atoms with Crippen LogP contribution in [0.1, 0.15) is 5.56 Å². The molecule has 5 heteroatoms. The summed E-state index contributed by atoms with van der Waals surface area (Å²) in [7, 11) is 3.77. The molecule has 1 aromatic heterocycles. The molecule has 1 heterocycles. The Labute approximate surface area is 94.5 Å². The van der Waals surface area contributed by atoms with E-state index in [2.05, 4.69) is 10.1 Å². The minimum absolute atomic E-state index is 0.398. The van der Waals surface area contributed by atoms with E-state index in [0.717, 1.165) is 5.69 Å². The van der Waals surface area contributed by atoms with Crippen LogP contribution in [0.5, 0.6) is 0 Å². The first-order valence-corrected chi connectivity index (χ1v) is 5.05. The van der Waals surface area contributed by atoms with E-state index in [-0.39, 0.29) is 0 Å². The average Bonchev–Trinajstić information content (AvgIpc) is 2.60. The van der Waals surface area contributed by atoms with Gasteiger partial charge in [0.2, 0.25) is 11.9 Å². The van der Waals surface area contributed by atoms with Crippen molar-refractivity contribution in [2.45, 2.75) is 6.92 Å². The number of rotatable bonds is 2. The van der Waals surface area contributed by atoms with Crippen LogP contribution >= 0.6 is 0 Å². The van der Waals surface area contributed by atoms with Gasteiger partial charge in [-0.1, -0.05) is 12.1 Å². The number of hydrogen-bond donors (Lipinski definition) is 1. The van der Waals surface area contributed by atoms with Crippen molar-refractivity contribution in [1.82, 2.24) is 14.8 Å². The fourth-order valence-electron chi connectivity index (χ4n) is 1.45. The lowest BCUT2D eigenvalue weighted by Gasteiger charge is -2.05. The highest BCUT2D eigenvalue weighted by Crippen LogP contribution is 2.15. The molecule has 0 aliphatic carbocycles. The standard InChI is InChI=1S/C11H15N5/c1-8-5-4-6-9(7-8)16-10(12)13-11(14-16)15(2)3/h4-7H,1-3H3,(H2,12,13,14). The van der Waals surface area contributed by atoms with Crippen LogP contribution in [0.3, 0.4) is 0 Å². The van der Waals surface area contributed by atoms with Crippen molar-refractivity contribution in [1.29, 1.82) is 0 Å². The summed E-state index contributed by atoms with van der Waals surface area (Å²) in [6.07, 6.45) is 0. The maximum atomic E-state index is 5.82. The third-order valence-corrected chi connectivity index (χ3v) is 2.27. The van der Waals surface area contributed by atoms with Gasteiger partial charge in [-0.15, -0.1) is 5.10 Å². The van der Waals surface area contributed by atoms with Gasteiger partial charge in [-0.3, -0.25) is 0 Å². The van der Waals surface area contributed by atoms with Crippen LogP contribution in [0.4, 0.5) is 11.9 Å². The molecule has 2 rings (SSSR count). The van der Waals surface area contributed by atoms with Gasteiger partial charge in [-0.2, -0.15) is 9.67 Å². The molecule has 2 N–H and O–H groups in total. The molecule has 0 aliphatic heterocycles. The Hall–Kier alpha value is -2.04. The topological polar surface area (TPSA) is 60.0 Å². The third kappa shape index (κ3) is 1.84. The van der Waals surface area contributed by atoms with Gasteiger partial charge in [0.1, 0.15) is 0 Å². The molecule has 5 nitrogen and oxygen atoms in total. The SMILES string of the molecule is Cc1cccc(-n2nc(N(C)C)nc2N)c1. The maximum absolute atomic E-state index is 5.82. The van der Waals surface area contributed by atoms with Crippen LogP contribution in [-0.4, -0.2) is 28.9 Å². The summed E-state index contributed by atoms with van der Waals surface area (Å²) in [5.41, 5.74) is 7.92. The second-order valence-corrected chi connectivity index (χ2v) is 3.92. The van der Waals surface area contributed by atoms with Crippen LogP contribution in [0.2, 0.25) is 0 Å². The average molecular weight is 217 g/mol. The fraction of sp³-hybridized carbons (Fsp3) is 0.273. The highest BCUT2D eigenvalue weighted by molar-refractivity contribution is 5.43. The molecule has 1 aromatic carbocycles. The third-order valence-electron chi connectivity index (χ3n) is 2.27. The zero-order chi connectivity index (χ0) is 11.7. The summed E-state index contributed by atoms with van der Waals surface area (Å²) >= 11 is 0. The molecule has 2 aromatic rings. The number of hydrogen-bond acceptors (Lipinski definition) is 4. The van der Waals surface area contributed by atoms with Crippen molar-refractivity contribution in [2.24, 2.45) is 0 Å². The van der Waals surface area contributed by atoms with Gasteiger partial charge in [0.15, 0.2) is 0 Å². The lowest BCUT2D eigenvalue weighted by Crippen LogP contribution is -2.10. The van der Waals surface area contributed by atoms with Gasteiger partial charge in [0.25, 0.3) is 0 Å². The van der Waals surface area contributed by atoms with E-state index in [1.165, 1.54) is 5.56 Å². The minimum Gasteiger partial charge on any atom is -0.368 e. The van der Waals surface area contributed by atoms with Gasteiger partial charge in [0.05, 0.1) is 5.69 Å². The van der Waals surface area contributed by atoms with Crippen molar-refractivity contribution >= 4 is 11.9 Å². The molecule has 0 saturated carbocycles. The Balaban J connectivity index is 2.48. The molecule has 0 saturated heterocycles. The normalized spacial score (nSPS) is 10.4. The first-order chi connectivity index (χ1) is 7.58. The summed E-state index contributed by atoms with van der Waals surface area (Å²) in [4.78, 5) is 5.99. The molecule has 0 bridgehead atoms. The van der Waals surface area contributed by atoms with Gasteiger partial charge < -0.3 is 10.6 Å². The van der Waals surface area contributed by atoms with E-state index in [1.807, 2.05) is 50.2 Å². The summed E-state index contributed by atoms with van der Waals surface area (Å²) in [6, 6.07) is 7.98. The first-order valence-electron chi connectivity index (χ1n) is 5.05. The van der Waals surface area contributed by atoms with Crippen molar-refractivity contribution in [3.8, 4) is 5.69 Å². The Morgan fingerprint density at radius 3 is 2.62 bits per heavy atom. The fourth-order valence-corrected chi connectivity index (χ4v) is 1.45. The molecular weight excluding hydrogens is 202 g/mol. The molecule has 0 radical (unpaired) electrons. The quantitative estimate of drug-likeness (QED) is 0.821. The smallest absolute Gasteiger partial charge is 0.246 e. The molecule has 0 unspecified atom stereocenters. The molecule has 0 fully saturated rings. The van der Waals surface area contributed by atoms with Gasteiger partial charge in [0, 0.05) is 14.1 Å². The maximum Gasteiger partial charge on any atom is 0.246 e. The molecule has 16 heavy (non-hydrogen) atoms. The Kier molecular flexibility index (Phi) is 2.52. The summed E-state index contributed by atoms with van der Waals surface area (Å²) < 4.78 is 1.64. The highest BCUT2D eigenvalue weighted by atomic mass is 15.4. The monoisotopic (exact) mass is 217 g/mol. The van der Waals surface area contributed by atoms with Crippen LogP contribution in [0, 0.1) is 6.92 Å². The van der Waals surface area contributed by atoms with Crippen molar-refractivity contribution in [3.63, 3.8) is 0 Å². The van der Waals surface area contributed by atoms with Crippen molar-refractivity contribution < 1.29 is 0 Å². The first kappa shape index (κ1) is 10.5. The van der Waals surface area contributed by atoms with Crippen LogP contribution < -0.4 is 10.6 Å². The van der Waals surface area contributed by atoms with Crippen LogP contribution in [0.25, 0.3) is 5.69 Å². The Morgan fingerprint density at radius 1 is 1.31 bits per heavy atom. The van der Waals surface area contributed by atoms with Crippen molar-refractivity contribution in [2.75, 3.05) is 24.7 Å². The van der Waals surface area contributed by atoms with Gasteiger partial charge >= 0.3 is 0 Å². The Bertz CT molecular complexity index is 501. The molecule has 0 spiro atoms. The van der Waals surface area contributed by atoms with Gasteiger partial charge in [-0.05, 0) is 24.6 Å². The predicted molar refractivity (Wildman–Crippen MR) is 64.8 cm³/mol. The van der Waals surface area contributed by atoms with Crippen LogP contribution in [0.15, 0.2) is 24.3 Å². The van der Waals surface area contributed by atoms with E-state index < -0.39 is 0 Å². The second kappa shape index (κ2) is 3.84. The molecule has 0 atom stereocenters. The Morgan fingerprint density at radius 2 is 2.06 bits per heavy atom. The molecule has 84 valence electrons. The molecule has 0 amide bonds. The lowest BCUT2D eigenvalue weighted by molar-refractivity contribution is 0.873. The van der Waals surface area contributed by atoms with E-state index in [4.69, 9.17) is 5.73 Å². The van der Waals surface area contributed by atoms with Crippen molar-refractivity contribution in [3.05, 3.63) is 29.8 Å². The molecular formula is C11H15N5. The van der Waals surface area contributed by atoms with E-state index in [1.54, 1.807) is 4.68 Å². The predicted octanol–water partition coefficient (Wildman–Crippen LogP) is 1.22. The largest absolute Gasteiger partial charge is 0.368 e. The number of aryl methyl sites for hydroxylation is 1. The zero-order valence-electron chi connectivity index (χ0n) is 9.68. The number of anilines is 2. The number of benzene rings is 1. The highest BCUT2D eigenvalue weighted by Gasteiger charge is 2.09. The number of nitrogens with zero attached hydrogens (tertiary/aromatic N) is 4. The van der Waals surface area contributed by atoms with Gasteiger partial charge in [-0.25, -0.2) is 0 Å².